The number of aromatic nitrogens is 2. The molecule has 0 spiro atoms. The summed E-state index contributed by atoms with van der Waals surface area (Å²) in [4.78, 5) is 48.5. The van der Waals surface area contributed by atoms with Gasteiger partial charge in [-0.3, -0.25) is 14.5 Å². The van der Waals surface area contributed by atoms with Gasteiger partial charge < -0.3 is 21.0 Å². The maximum absolute atomic E-state index is 12.9. The van der Waals surface area contributed by atoms with E-state index in [9.17, 15) is 19.5 Å². The number of anilines is 1. The number of carbonyl (C=O) groups is 3. The lowest BCUT2D eigenvalue weighted by Gasteiger charge is -2.49. The van der Waals surface area contributed by atoms with Crippen molar-refractivity contribution in [1.29, 1.82) is 0 Å². The average molecular weight is 533 g/mol. The molecule has 2 amide bonds. The van der Waals surface area contributed by atoms with E-state index in [-0.39, 0.29) is 29.0 Å². The van der Waals surface area contributed by atoms with E-state index >= 15 is 0 Å². The standard InChI is InChI=1S/C21H20N6O5S3/c1-2-32-25-13(16-24-21(22)35-26-16)17(28)23-14-18(29)27-15(20(30)31)12(10-34-19(14)27)33-9-8-11-6-4-3-5-7-11/h3-9,14,19H,2,10H2,1H3,(H,23,28)(H,30,31)(H2,22,24,26)/b9-8-,25-13?/t14?,19-/m0/s1. The van der Waals surface area contributed by atoms with E-state index in [1.54, 1.807) is 12.3 Å². The summed E-state index contributed by atoms with van der Waals surface area (Å²) in [6.07, 6.45) is 1.87. The first-order valence-electron chi connectivity index (χ1n) is 10.3. The van der Waals surface area contributed by atoms with Crippen molar-refractivity contribution >= 4 is 69.8 Å². The number of nitrogen functional groups attached to an aromatic ring is 1. The first-order chi connectivity index (χ1) is 16.9. The number of β-lactam (4-membered cyclic amide) rings is 1. The number of nitrogens with zero attached hydrogens (tertiary/aromatic N) is 4. The van der Waals surface area contributed by atoms with Crippen LogP contribution in [0.25, 0.3) is 6.08 Å². The molecule has 0 aliphatic carbocycles. The molecular weight excluding hydrogens is 512 g/mol. The van der Waals surface area contributed by atoms with Gasteiger partial charge in [0.2, 0.25) is 11.5 Å². The molecule has 1 saturated heterocycles. The lowest BCUT2D eigenvalue weighted by atomic mass is 10.0. The Bertz CT molecular complexity index is 1230. The van der Waals surface area contributed by atoms with E-state index < -0.39 is 29.2 Å². The molecule has 14 heteroatoms. The van der Waals surface area contributed by atoms with Crippen LogP contribution in [0.2, 0.25) is 0 Å². The van der Waals surface area contributed by atoms with E-state index in [1.165, 1.54) is 28.4 Å². The molecule has 35 heavy (non-hydrogen) atoms. The number of thioether (sulfide) groups is 2. The van der Waals surface area contributed by atoms with Gasteiger partial charge in [0.15, 0.2) is 5.13 Å². The van der Waals surface area contributed by atoms with Gasteiger partial charge in [-0.25, -0.2) is 4.79 Å². The number of hydrogen-bond acceptors (Lipinski definition) is 11. The molecule has 2 aromatic rings. The minimum absolute atomic E-state index is 0.0200. The van der Waals surface area contributed by atoms with Crippen molar-refractivity contribution in [1.82, 2.24) is 19.6 Å². The van der Waals surface area contributed by atoms with Crippen LogP contribution >= 0.6 is 35.1 Å². The predicted molar refractivity (Wildman–Crippen MR) is 135 cm³/mol. The zero-order chi connectivity index (χ0) is 24.9. The first-order valence-corrected chi connectivity index (χ1v) is 13.0. The van der Waals surface area contributed by atoms with Crippen molar-refractivity contribution in [3.63, 3.8) is 0 Å². The fourth-order valence-corrected chi connectivity index (χ4v) is 6.09. The SMILES string of the molecule is CCON=C(C(=O)NC1C(=O)N2C(C(=O)O)=C(S/C=C\c3ccccc3)CS[C@@H]12)c1nsc(N)n1. The minimum Gasteiger partial charge on any atom is -0.477 e. The Morgan fingerprint density at radius 2 is 2.17 bits per heavy atom. The Kier molecular flexibility index (Phi) is 7.73. The number of rotatable bonds is 9. The summed E-state index contributed by atoms with van der Waals surface area (Å²) in [5.74, 6) is -2.10. The largest absolute Gasteiger partial charge is 0.477 e. The second kappa shape index (κ2) is 10.9. The summed E-state index contributed by atoms with van der Waals surface area (Å²) < 4.78 is 3.98. The van der Waals surface area contributed by atoms with Crippen LogP contribution in [-0.4, -0.2) is 66.6 Å². The number of fused-ring (bicyclic) bond motifs is 1. The number of nitrogens with one attached hydrogen (secondary N) is 1. The highest BCUT2D eigenvalue weighted by Crippen LogP contribution is 2.43. The van der Waals surface area contributed by atoms with Crippen molar-refractivity contribution < 1.29 is 24.3 Å². The predicted octanol–water partition coefficient (Wildman–Crippen LogP) is 1.96. The lowest BCUT2D eigenvalue weighted by Crippen LogP contribution is -2.71. The molecule has 3 heterocycles. The highest BCUT2D eigenvalue weighted by molar-refractivity contribution is 8.08. The molecule has 182 valence electrons. The van der Waals surface area contributed by atoms with Crippen molar-refractivity contribution in [2.75, 3.05) is 18.1 Å². The van der Waals surface area contributed by atoms with Gasteiger partial charge in [-0.15, -0.1) is 11.8 Å². The first kappa shape index (κ1) is 24.8. The number of carboxylic acids is 1. The van der Waals surface area contributed by atoms with Gasteiger partial charge in [0.1, 0.15) is 23.7 Å². The zero-order valence-corrected chi connectivity index (χ0v) is 20.7. The Labute approximate surface area is 212 Å². The van der Waals surface area contributed by atoms with Crippen molar-refractivity contribution in [3.8, 4) is 0 Å². The summed E-state index contributed by atoms with van der Waals surface area (Å²) in [6.45, 7) is 1.90. The number of amides is 2. The molecule has 4 N–H and O–H groups in total. The van der Waals surface area contributed by atoms with Gasteiger partial charge >= 0.3 is 5.97 Å². The van der Waals surface area contributed by atoms with Crippen LogP contribution in [0.5, 0.6) is 0 Å². The molecule has 2 aliphatic heterocycles. The van der Waals surface area contributed by atoms with Crippen LogP contribution < -0.4 is 11.1 Å². The topological polar surface area (TPSA) is 160 Å². The summed E-state index contributed by atoms with van der Waals surface area (Å²) in [7, 11) is 0. The number of aliphatic carboxylic acids is 1. The third kappa shape index (κ3) is 5.33. The van der Waals surface area contributed by atoms with Gasteiger partial charge in [0.05, 0.1) is 0 Å². The van der Waals surface area contributed by atoms with Gasteiger partial charge in [-0.05, 0) is 24.0 Å². The normalized spacial score (nSPS) is 20.0. The molecule has 4 rings (SSSR count). The monoisotopic (exact) mass is 532 g/mol. The average Bonchev–Trinajstić information content (AvgIpc) is 3.28. The molecule has 1 unspecified atom stereocenters. The van der Waals surface area contributed by atoms with Gasteiger partial charge in [0.25, 0.3) is 11.8 Å². The summed E-state index contributed by atoms with van der Waals surface area (Å²) in [6, 6.07) is 8.65. The van der Waals surface area contributed by atoms with Crippen molar-refractivity contribution in [2.45, 2.75) is 18.3 Å². The Hall–Kier alpha value is -3.36. The Morgan fingerprint density at radius 3 is 2.83 bits per heavy atom. The molecule has 11 nitrogen and oxygen atoms in total. The number of hydrogen-bond donors (Lipinski definition) is 3. The summed E-state index contributed by atoms with van der Waals surface area (Å²) in [5.41, 5.74) is 6.28. The number of nitrogens with two attached hydrogens (primary N) is 1. The molecule has 1 aromatic carbocycles. The van der Waals surface area contributed by atoms with Crippen LogP contribution in [0.3, 0.4) is 0 Å². The van der Waals surface area contributed by atoms with E-state index in [0.29, 0.717) is 10.7 Å². The maximum Gasteiger partial charge on any atom is 0.353 e. The van der Waals surface area contributed by atoms with Crippen LogP contribution in [0.1, 0.15) is 18.3 Å². The van der Waals surface area contributed by atoms with Crippen LogP contribution in [0, 0.1) is 0 Å². The summed E-state index contributed by atoms with van der Waals surface area (Å²) >= 11 is 3.51. The highest BCUT2D eigenvalue weighted by Gasteiger charge is 2.54. The molecule has 1 fully saturated rings. The van der Waals surface area contributed by atoms with Gasteiger partial charge in [0, 0.05) is 22.2 Å². The van der Waals surface area contributed by atoms with E-state index in [4.69, 9.17) is 10.6 Å². The van der Waals surface area contributed by atoms with Crippen LogP contribution in [0.15, 0.2) is 51.5 Å². The Morgan fingerprint density at radius 1 is 1.40 bits per heavy atom. The second-order valence-electron chi connectivity index (χ2n) is 7.08. The van der Waals surface area contributed by atoms with Gasteiger partial charge in [-0.2, -0.15) is 9.36 Å². The third-order valence-corrected chi connectivity index (χ3v) is 7.75. The molecule has 0 bridgehead atoms. The van der Waals surface area contributed by atoms with E-state index in [2.05, 4.69) is 19.8 Å². The zero-order valence-electron chi connectivity index (χ0n) is 18.3. The molecular formula is C21H20N6O5S3. The van der Waals surface area contributed by atoms with E-state index in [1.807, 2.05) is 36.4 Å². The highest BCUT2D eigenvalue weighted by atomic mass is 32.2. The Balaban J connectivity index is 1.49. The maximum atomic E-state index is 12.9. The number of carboxylic acid groups (broad SMARTS) is 1. The lowest BCUT2D eigenvalue weighted by molar-refractivity contribution is -0.150. The molecule has 0 saturated carbocycles. The number of benzene rings is 1. The smallest absolute Gasteiger partial charge is 0.353 e. The number of carbonyl (C=O) groups excluding carboxylic acids is 2. The van der Waals surface area contributed by atoms with Crippen LogP contribution in [-0.2, 0) is 19.2 Å². The molecule has 0 radical (unpaired) electrons. The molecule has 2 aliphatic rings. The van der Waals surface area contributed by atoms with Crippen molar-refractivity contribution in [2.24, 2.45) is 5.16 Å². The van der Waals surface area contributed by atoms with Crippen LogP contribution in [0.4, 0.5) is 5.13 Å². The second-order valence-corrected chi connectivity index (χ2v) is 9.97. The molecule has 2 atom stereocenters. The number of oxime groups is 1. The quantitative estimate of drug-likeness (QED) is 0.247. The van der Waals surface area contributed by atoms with Gasteiger partial charge in [-0.1, -0.05) is 47.2 Å². The fourth-order valence-electron chi connectivity index (χ4n) is 3.29. The fraction of sp³-hybridized carbons (Fsp3) is 0.238. The molecule has 1 aromatic heterocycles. The van der Waals surface area contributed by atoms with E-state index in [0.717, 1.165) is 17.1 Å². The summed E-state index contributed by atoms with van der Waals surface area (Å²) in [5, 5.41) is 17.6. The van der Waals surface area contributed by atoms with Crippen molar-refractivity contribution in [3.05, 3.63) is 57.7 Å². The minimum atomic E-state index is -1.20. The third-order valence-electron chi connectivity index (χ3n) is 4.85.